The number of ether oxygens (including phenoxy) is 1. The number of piperazine rings is 1. The third kappa shape index (κ3) is 6.17. The van der Waals surface area contributed by atoms with Gasteiger partial charge in [0.15, 0.2) is 5.13 Å². The average Bonchev–Trinajstić information content (AvgIpc) is 3.14. The van der Waals surface area contributed by atoms with Gasteiger partial charge in [-0.3, -0.25) is 14.5 Å². The van der Waals surface area contributed by atoms with E-state index in [1.165, 1.54) is 36.4 Å². The zero-order valence-electron chi connectivity index (χ0n) is 17.7. The lowest BCUT2D eigenvalue weighted by Gasteiger charge is -2.37. The number of hydrogen-bond acceptors (Lipinski definition) is 7. The maximum atomic E-state index is 11.2. The zero-order chi connectivity index (χ0) is 21.5. The van der Waals surface area contributed by atoms with Crippen LogP contribution in [0.5, 0.6) is 5.75 Å². The Kier molecular flexibility index (Phi) is 7.64. The summed E-state index contributed by atoms with van der Waals surface area (Å²) in [4.78, 5) is 32.5. The Morgan fingerprint density at radius 1 is 1.17 bits per heavy atom. The number of methoxy groups -OCH3 is 1. The standard InChI is InChI=1S/C21H29N5O3S/c1-15(27)22-7-6-17-4-5-18(29-3)12-20(17)26-10-8-25(9-11-26)14-19-13-23-21(30-19)24-16(2)28/h4-5,12-13H,6-11,14H2,1-3H3,(H,22,27)(H,23,24,28). The minimum Gasteiger partial charge on any atom is -0.497 e. The number of rotatable bonds is 8. The summed E-state index contributed by atoms with van der Waals surface area (Å²) in [6, 6.07) is 6.14. The van der Waals surface area contributed by atoms with Crippen molar-refractivity contribution in [2.24, 2.45) is 0 Å². The molecular formula is C21H29N5O3S. The second-order valence-electron chi connectivity index (χ2n) is 7.30. The quantitative estimate of drug-likeness (QED) is 0.666. The highest BCUT2D eigenvalue weighted by molar-refractivity contribution is 7.15. The molecule has 30 heavy (non-hydrogen) atoms. The molecular weight excluding hydrogens is 402 g/mol. The minimum absolute atomic E-state index is 0.0107. The van der Waals surface area contributed by atoms with Gasteiger partial charge in [-0.2, -0.15) is 0 Å². The number of thiazole rings is 1. The largest absolute Gasteiger partial charge is 0.497 e. The third-order valence-electron chi connectivity index (χ3n) is 4.99. The number of carbonyl (C=O) groups excluding carboxylic acids is 2. The van der Waals surface area contributed by atoms with Gasteiger partial charge in [-0.25, -0.2) is 4.98 Å². The molecule has 2 N–H and O–H groups in total. The highest BCUT2D eigenvalue weighted by Crippen LogP contribution is 2.28. The van der Waals surface area contributed by atoms with Crippen molar-refractivity contribution in [2.45, 2.75) is 26.8 Å². The summed E-state index contributed by atoms with van der Waals surface area (Å²) >= 11 is 1.52. The van der Waals surface area contributed by atoms with Gasteiger partial charge < -0.3 is 20.3 Å². The molecule has 0 aliphatic carbocycles. The van der Waals surface area contributed by atoms with E-state index < -0.39 is 0 Å². The molecule has 2 aromatic rings. The zero-order valence-corrected chi connectivity index (χ0v) is 18.6. The van der Waals surface area contributed by atoms with Crippen molar-refractivity contribution < 1.29 is 14.3 Å². The second kappa shape index (κ2) is 10.4. The number of anilines is 2. The molecule has 0 radical (unpaired) electrons. The maximum absolute atomic E-state index is 11.2. The van der Waals surface area contributed by atoms with Crippen LogP contribution < -0.4 is 20.3 Å². The summed E-state index contributed by atoms with van der Waals surface area (Å²) in [5.74, 6) is 0.728. The van der Waals surface area contributed by atoms with Crippen LogP contribution in [0, 0.1) is 0 Å². The molecule has 0 atom stereocenters. The lowest BCUT2D eigenvalue weighted by Crippen LogP contribution is -2.46. The van der Waals surface area contributed by atoms with Gasteiger partial charge in [0.1, 0.15) is 5.75 Å². The van der Waals surface area contributed by atoms with E-state index >= 15 is 0 Å². The molecule has 162 valence electrons. The number of hydrogen-bond donors (Lipinski definition) is 2. The maximum Gasteiger partial charge on any atom is 0.223 e. The molecule has 8 nitrogen and oxygen atoms in total. The normalized spacial score (nSPS) is 14.4. The number of carbonyl (C=O) groups is 2. The van der Waals surface area contributed by atoms with Gasteiger partial charge in [0.05, 0.1) is 7.11 Å². The van der Waals surface area contributed by atoms with Crippen molar-refractivity contribution in [2.75, 3.05) is 50.1 Å². The van der Waals surface area contributed by atoms with Crippen molar-refractivity contribution in [3.05, 3.63) is 34.8 Å². The van der Waals surface area contributed by atoms with Crippen LogP contribution in [0.25, 0.3) is 0 Å². The molecule has 2 heterocycles. The van der Waals surface area contributed by atoms with E-state index in [-0.39, 0.29) is 11.8 Å². The van der Waals surface area contributed by atoms with Gasteiger partial charge >= 0.3 is 0 Å². The van der Waals surface area contributed by atoms with E-state index in [9.17, 15) is 9.59 Å². The summed E-state index contributed by atoms with van der Waals surface area (Å²) in [6.45, 7) is 8.19. The molecule has 1 saturated heterocycles. The first kappa shape index (κ1) is 22.0. The molecule has 1 fully saturated rings. The van der Waals surface area contributed by atoms with Crippen molar-refractivity contribution >= 4 is 34.0 Å². The Bertz CT molecular complexity index is 877. The van der Waals surface area contributed by atoms with Crippen molar-refractivity contribution in [1.82, 2.24) is 15.2 Å². The van der Waals surface area contributed by atoms with Gasteiger partial charge in [0.25, 0.3) is 0 Å². The number of aromatic nitrogens is 1. The Morgan fingerprint density at radius 3 is 2.60 bits per heavy atom. The Morgan fingerprint density at radius 2 is 1.93 bits per heavy atom. The topological polar surface area (TPSA) is 86.8 Å². The van der Waals surface area contributed by atoms with Crippen LogP contribution >= 0.6 is 11.3 Å². The molecule has 0 spiro atoms. The smallest absolute Gasteiger partial charge is 0.223 e. The molecule has 0 bridgehead atoms. The van der Waals surface area contributed by atoms with Gasteiger partial charge in [0.2, 0.25) is 11.8 Å². The first-order chi connectivity index (χ1) is 14.4. The van der Waals surface area contributed by atoms with E-state index in [0.717, 1.165) is 49.8 Å². The second-order valence-corrected chi connectivity index (χ2v) is 8.42. The van der Waals surface area contributed by atoms with Crippen LogP contribution in [-0.4, -0.2) is 61.5 Å². The fourth-order valence-electron chi connectivity index (χ4n) is 3.51. The minimum atomic E-state index is -0.0999. The molecule has 9 heteroatoms. The monoisotopic (exact) mass is 431 g/mol. The number of nitrogens with zero attached hydrogens (tertiary/aromatic N) is 3. The van der Waals surface area contributed by atoms with Crippen LogP contribution in [0.1, 0.15) is 24.3 Å². The highest BCUT2D eigenvalue weighted by Gasteiger charge is 2.20. The van der Waals surface area contributed by atoms with E-state index in [2.05, 4.69) is 37.6 Å². The predicted octanol–water partition coefficient (Wildman–Crippen LogP) is 2.11. The third-order valence-corrected chi connectivity index (χ3v) is 5.89. The van der Waals surface area contributed by atoms with Gasteiger partial charge in [-0.1, -0.05) is 6.07 Å². The molecule has 2 amide bonds. The molecule has 1 aromatic carbocycles. The first-order valence-electron chi connectivity index (χ1n) is 10.1. The lowest BCUT2D eigenvalue weighted by atomic mass is 10.1. The van der Waals surface area contributed by atoms with E-state index in [0.29, 0.717) is 11.7 Å². The van der Waals surface area contributed by atoms with Crippen LogP contribution in [0.15, 0.2) is 24.4 Å². The van der Waals surface area contributed by atoms with Gasteiger partial charge in [0, 0.05) is 75.9 Å². The summed E-state index contributed by atoms with van der Waals surface area (Å²) in [5.41, 5.74) is 2.38. The van der Waals surface area contributed by atoms with Gasteiger partial charge in [-0.05, 0) is 18.1 Å². The SMILES string of the molecule is COc1ccc(CCNC(C)=O)c(N2CCN(Cc3cnc(NC(C)=O)s3)CC2)c1. The number of amides is 2. The fourth-order valence-corrected chi connectivity index (χ4v) is 4.41. The number of nitrogens with one attached hydrogen (secondary N) is 2. The highest BCUT2D eigenvalue weighted by atomic mass is 32.1. The summed E-state index contributed by atoms with van der Waals surface area (Å²) < 4.78 is 5.43. The van der Waals surface area contributed by atoms with E-state index in [1.807, 2.05) is 12.3 Å². The van der Waals surface area contributed by atoms with Crippen LogP contribution in [0.4, 0.5) is 10.8 Å². The van der Waals surface area contributed by atoms with Gasteiger partial charge in [-0.15, -0.1) is 11.3 Å². The average molecular weight is 432 g/mol. The van der Waals surface area contributed by atoms with Crippen LogP contribution in [-0.2, 0) is 22.6 Å². The summed E-state index contributed by atoms with van der Waals surface area (Å²) in [7, 11) is 1.68. The fraction of sp³-hybridized carbons (Fsp3) is 0.476. The number of benzene rings is 1. The Balaban J connectivity index is 1.60. The molecule has 0 unspecified atom stereocenters. The predicted molar refractivity (Wildman–Crippen MR) is 119 cm³/mol. The van der Waals surface area contributed by atoms with Crippen molar-refractivity contribution in [3.8, 4) is 5.75 Å². The molecule has 1 aliphatic rings. The van der Waals surface area contributed by atoms with Crippen LogP contribution in [0.2, 0.25) is 0 Å². The van der Waals surface area contributed by atoms with E-state index in [1.54, 1.807) is 7.11 Å². The Hall–Kier alpha value is -2.65. The van der Waals surface area contributed by atoms with Crippen molar-refractivity contribution in [1.29, 1.82) is 0 Å². The van der Waals surface area contributed by atoms with Crippen molar-refractivity contribution in [3.63, 3.8) is 0 Å². The molecule has 1 aliphatic heterocycles. The molecule has 1 aromatic heterocycles. The van der Waals surface area contributed by atoms with E-state index in [4.69, 9.17) is 4.74 Å². The summed E-state index contributed by atoms with van der Waals surface area (Å²) in [5, 5.41) is 6.26. The lowest BCUT2D eigenvalue weighted by molar-refractivity contribution is -0.119. The first-order valence-corrected chi connectivity index (χ1v) is 10.9. The molecule has 0 saturated carbocycles. The Labute approximate surface area is 181 Å². The van der Waals surface area contributed by atoms with Crippen LogP contribution in [0.3, 0.4) is 0 Å². The summed E-state index contributed by atoms with van der Waals surface area (Å²) in [6.07, 6.45) is 2.62. The molecule has 3 rings (SSSR count).